The first-order valence-corrected chi connectivity index (χ1v) is 12.8. The summed E-state index contributed by atoms with van der Waals surface area (Å²) in [6, 6.07) is 8.08. The summed E-state index contributed by atoms with van der Waals surface area (Å²) in [6.45, 7) is 2.22. The van der Waals surface area contributed by atoms with Crippen molar-refractivity contribution in [2.24, 2.45) is 0 Å². The molecule has 8 nitrogen and oxygen atoms in total. The highest BCUT2D eigenvalue weighted by Crippen LogP contribution is 2.34. The standard InChI is InChI=1S/C23H26F2N6O2S/c1-15-18(19-7-10-28-30-19)14-27-21(31-11-4-8-23(24,25)9-12-31)20(15)22(32)29-16-5-3-6-17(13-16)34(2,26)33/h3,5-7,10,13-14,26H,4,8-9,11-12H2,1-2H3,(H,28,30)(H,29,32). The molecule has 1 saturated heterocycles. The Morgan fingerprint density at radius 1 is 1.26 bits per heavy atom. The molecule has 180 valence electrons. The lowest BCUT2D eigenvalue weighted by molar-refractivity contribution is -0.0102. The number of hydrogen-bond donors (Lipinski definition) is 3. The molecule has 0 aliphatic carbocycles. The largest absolute Gasteiger partial charge is 0.356 e. The molecule has 1 aliphatic heterocycles. The number of amides is 1. The lowest BCUT2D eigenvalue weighted by atomic mass is 10.0. The summed E-state index contributed by atoms with van der Waals surface area (Å²) in [7, 11) is -2.96. The van der Waals surface area contributed by atoms with E-state index in [-0.39, 0.29) is 31.4 Å². The van der Waals surface area contributed by atoms with Crippen molar-refractivity contribution in [3.8, 4) is 11.3 Å². The Kier molecular flexibility index (Phi) is 6.39. The second kappa shape index (κ2) is 9.13. The smallest absolute Gasteiger partial charge is 0.259 e. The third-order valence-corrected chi connectivity index (χ3v) is 7.05. The van der Waals surface area contributed by atoms with Gasteiger partial charge in [0.25, 0.3) is 5.91 Å². The summed E-state index contributed by atoms with van der Waals surface area (Å²) in [6.07, 6.45) is 4.29. The number of carbonyl (C=O) groups is 1. The second-order valence-corrected chi connectivity index (χ2v) is 10.6. The molecule has 0 radical (unpaired) electrons. The molecule has 4 rings (SSSR count). The van der Waals surface area contributed by atoms with E-state index in [1.54, 1.807) is 48.5 Å². The predicted octanol–water partition coefficient (Wildman–Crippen LogP) is 4.69. The van der Waals surface area contributed by atoms with Gasteiger partial charge in [-0.05, 0) is 43.2 Å². The number of anilines is 2. The second-order valence-electron chi connectivity index (χ2n) is 8.49. The minimum absolute atomic E-state index is 0.0787. The quantitative estimate of drug-likeness (QED) is 0.482. The molecule has 0 saturated carbocycles. The average Bonchev–Trinajstić information content (AvgIpc) is 3.23. The van der Waals surface area contributed by atoms with E-state index in [4.69, 9.17) is 4.78 Å². The van der Waals surface area contributed by atoms with Crippen LogP contribution in [0.2, 0.25) is 0 Å². The highest BCUT2D eigenvalue weighted by molar-refractivity contribution is 7.91. The lowest BCUT2D eigenvalue weighted by Gasteiger charge is -2.25. The molecule has 1 aromatic carbocycles. The van der Waals surface area contributed by atoms with Crippen molar-refractivity contribution in [2.75, 3.05) is 29.6 Å². The van der Waals surface area contributed by atoms with Crippen LogP contribution in [0, 0.1) is 11.7 Å². The maximum atomic E-state index is 14.0. The fourth-order valence-corrected chi connectivity index (χ4v) is 4.75. The fourth-order valence-electron chi connectivity index (χ4n) is 4.06. The van der Waals surface area contributed by atoms with Gasteiger partial charge in [-0.3, -0.25) is 9.89 Å². The monoisotopic (exact) mass is 488 g/mol. The van der Waals surface area contributed by atoms with Gasteiger partial charge in [0.15, 0.2) is 0 Å². The molecule has 1 fully saturated rings. The van der Waals surface area contributed by atoms with Gasteiger partial charge in [0.1, 0.15) is 5.82 Å². The number of nitrogens with zero attached hydrogens (tertiary/aromatic N) is 3. The van der Waals surface area contributed by atoms with Gasteiger partial charge in [0, 0.05) is 60.7 Å². The van der Waals surface area contributed by atoms with Crippen LogP contribution in [-0.2, 0) is 9.73 Å². The summed E-state index contributed by atoms with van der Waals surface area (Å²) < 4.78 is 47.9. The zero-order valence-corrected chi connectivity index (χ0v) is 19.7. The molecule has 1 aliphatic rings. The first-order valence-electron chi connectivity index (χ1n) is 10.8. The number of halogens is 2. The molecule has 34 heavy (non-hydrogen) atoms. The highest BCUT2D eigenvalue weighted by Gasteiger charge is 2.33. The normalized spacial score (nSPS) is 17.6. The Balaban J connectivity index is 1.75. The van der Waals surface area contributed by atoms with Crippen LogP contribution in [0.15, 0.2) is 47.6 Å². The molecule has 11 heteroatoms. The van der Waals surface area contributed by atoms with Crippen LogP contribution >= 0.6 is 0 Å². The summed E-state index contributed by atoms with van der Waals surface area (Å²) in [5.74, 6) is -2.87. The van der Waals surface area contributed by atoms with Crippen LogP contribution in [0.4, 0.5) is 20.3 Å². The van der Waals surface area contributed by atoms with E-state index >= 15 is 0 Å². The first kappa shape index (κ1) is 23.8. The van der Waals surface area contributed by atoms with Crippen molar-refractivity contribution in [1.82, 2.24) is 15.2 Å². The van der Waals surface area contributed by atoms with Crippen LogP contribution in [0.1, 0.15) is 35.2 Å². The third kappa shape index (κ3) is 5.09. The molecule has 3 N–H and O–H groups in total. The first-order chi connectivity index (χ1) is 16.0. The molecule has 0 spiro atoms. The predicted molar refractivity (Wildman–Crippen MR) is 127 cm³/mol. The molecule has 1 unspecified atom stereocenters. The van der Waals surface area contributed by atoms with E-state index in [1.807, 2.05) is 0 Å². The molecule has 2 aromatic heterocycles. The summed E-state index contributed by atoms with van der Waals surface area (Å²) in [5.41, 5.74) is 2.62. The van der Waals surface area contributed by atoms with Gasteiger partial charge in [0.05, 0.1) is 21.0 Å². The van der Waals surface area contributed by atoms with Gasteiger partial charge >= 0.3 is 0 Å². The Morgan fingerprint density at radius 3 is 2.76 bits per heavy atom. The Bertz CT molecular complexity index is 1310. The zero-order valence-electron chi connectivity index (χ0n) is 18.9. The zero-order chi connectivity index (χ0) is 24.5. The van der Waals surface area contributed by atoms with E-state index < -0.39 is 21.6 Å². The van der Waals surface area contributed by atoms with E-state index in [0.29, 0.717) is 39.8 Å². The van der Waals surface area contributed by atoms with Crippen LogP contribution < -0.4 is 10.2 Å². The van der Waals surface area contributed by atoms with E-state index in [2.05, 4.69) is 20.5 Å². The van der Waals surface area contributed by atoms with Crippen molar-refractivity contribution in [3.05, 3.63) is 53.9 Å². The number of aromatic amines is 1. The fraction of sp³-hybridized carbons (Fsp3) is 0.348. The van der Waals surface area contributed by atoms with Gasteiger partial charge in [0.2, 0.25) is 5.92 Å². The number of aromatic nitrogens is 3. The molecule has 1 atom stereocenters. The molecular formula is C23H26F2N6O2S. The molecule has 0 bridgehead atoms. The number of benzene rings is 1. The maximum Gasteiger partial charge on any atom is 0.259 e. The van der Waals surface area contributed by atoms with Crippen LogP contribution in [-0.4, -0.2) is 50.6 Å². The van der Waals surface area contributed by atoms with Crippen LogP contribution in [0.25, 0.3) is 11.3 Å². The van der Waals surface area contributed by atoms with Crippen molar-refractivity contribution >= 4 is 27.1 Å². The van der Waals surface area contributed by atoms with Crippen LogP contribution in [0.3, 0.4) is 0 Å². The number of H-pyrrole nitrogens is 1. The summed E-state index contributed by atoms with van der Waals surface area (Å²) >= 11 is 0. The topological polar surface area (TPSA) is 115 Å². The lowest BCUT2D eigenvalue weighted by Crippen LogP contribution is -2.30. The van der Waals surface area contributed by atoms with Crippen molar-refractivity contribution in [3.63, 3.8) is 0 Å². The number of rotatable bonds is 5. The van der Waals surface area contributed by atoms with Gasteiger partial charge in [-0.25, -0.2) is 22.8 Å². The van der Waals surface area contributed by atoms with Gasteiger partial charge < -0.3 is 10.2 Å². The van der Waals surface area contributed by atoms with Crippen LogP contribution in [0.5, 0.6) is 0 Å². The number of pyridine rings is 1. The van der Waals surface area contributed by atoms with Crippen molar-refractivity contribution < 1.29 is 17.8 Å². The van der Waals surface area contributed by atoms with Gasteiger partial charge in [-0.1, -0.05) is 6.07 Å². The minimum atomic E-state index is -2.96. The minimum Gasteiger partial charge on any atom is -0.356 e. The van der Waals surface area contributed by atoms with Gasteiger partial charge in [-0.15, -0.1) is 0 Å². The third-order valence-electron chi connectivity index (χ3n) is 5.90. The Morgan fingerprint density at radius 2 is 2.06 bits per heavy atom. The van der Waals surface area contributed by atoms with Crippen molar-refractivity contribution in [2.45, 2.75) is 37.0 Å². The number of carbonyl (C=O) groups excluding carboxylic acids is 1. The number of nitrogens with one attached hydrogen (secondary N) is 3. The molecular weight excluding hydrogens is 462 g/mol. The summed E-state index contributed by atoms with van der Waals surface area (Å²) in [5, 5.41) is 9.64. The van der Waals surface area contributed by atoms with Crippen molar-refractivity contribution in [1.29, 1.82) is 4.78 Å². The molecule has 3 aromatic rings. The summed E-state index contributed by atoms with van der Waals surface area (Å²) in [4.78, 5) is 20.1. The number of alkyl halides is 2. The molecule has 1 amide bonds. The van der Waals surface area contributed by atoms with E-state index in [0.717, 1.165) is 0 Å². The Labute approximate surface area is 196 Å². The molecule has 3 heterocycles. The number of hydrogen-bond acceptors (Lipinski definition) is 6. The SMILES string of the molecule is Cc1c(-c2ccn[nH]2)cnc(N2CCCC(F)(F)CC2)c1C(=O)Nc1cccc(S(C)(=N)=O)c1. The maximum absolute atomic E-state index is 14.0. The van der Waals surface area contributed by atoms with Gasteiger partial charge in [-0.2, -0.15) is 5.10 Å². The average molecular weight is 489 g/mol. The van der Waals surface area contributed by atoms with E-state index in [9.17, 15) is 17.8 Å². The highest BCUT2D eigenvalue weighted by atomic mass is 32.2. The Hall–Kier alpha value is -3.34. The van der Waals surface area contributed by atoms with E-state index in [1.165, 1.54) is 12.3 Å².